The second-order valence-electron chi connectivity index (χ2n) is 5.35. The minimum atomic E-state index is -0.485. The van der Waals surface area contributed by atoms with Gasteiger partial charge in [-0.2, -0.15) is 0 Å². The molecular weight excluding hydrogens is 311 g/mol. The van der Waals surface area contributed by atoms with E-state index in [0.717, 1.165) is 24.2 Å². The fourth-order valence-electron chi connectivity index (χ4n) is 2.24. The van der Waals surface area contributed by atoms with Gasteiger partial charge in [0.2, 0.25) is 0 Å². The van der Waals surface area contributed by atoms with E-state index in [1.54, 1.807) is 12.1 Å². The Bertz CT molecular complexity index is 504. The van der Waals surface area contributed by atoms with Crippen molar-refractivity contribution in [1.82, 2.24) is 5.32 Å². The molecular formula is C15H22Cl2N2O2. The lowest BCUT2D eigenvalue weighted by atomic mass is 9.94. The Kier molecular flexibility index (Phi) is 6.32. The van der Waals surface area contributed by atoms with Crippen molar-refractivity contribution in [3.63, 3.8) is 0 Å². The van der Waals surface area contributed by atoms with Gasteiger partial charge in [-0.25, -0.2) is 0 Å². The van der Waals surface area contributed by atoms with Crippen LogP contribution in [0.1, 0.15) is 32.3 Å². The Labute approximate surface area is 136 Å². The highest BCUT2D eigenvalue weighted by Gasteiger charge is 2.30. The van der Waals surface area contributed by atoms with E-state index in [2.05, 4.69) is 5.32 Å². The maximum atomic E-state index is 12.2. The molecule has 0 saturated carbocycles. The quantitative estimate of drug-likeness (QED) is 0.871. The van der Waals surface area contributed by atoms with Crippen molar-refractivity contribution in [3.05, 3.63) is 28.8 Å². The predicted molar refractivity (Wildman–Crippen MR) is 87.3 cm³/mol. The van der Waals surface area contributed by atoms with Crippen molar-refractivity contribution in [2.24, 2.45) is 5.73 Å². The maximum Gasteiger partial charge on any atom is 0.261 e. The van der Waals surface area contributed by atoms with E-state index in [4.69, 9.17) is 22.1 Å². The minimum Gasteiger partial charge on any atom is -0.480 e. The minimum absolute atomic E-state index is 0. The summed E-state index contributed by atoms with van der Waals surface area (Å²) in [7, 11) is 0. The zero-order valence-electron chi connectivity index (χ0n) is 12.3. The second kappa shape index (κ2) is 7.34. The molecule has 6 heteroatoms. The van der Waals surface area contributed by atoms with Crippen LogP contribution in [-0.4, -0.2) is 24.1 Å². The first kappa shape index (κ1) is 18.1. The van der Waals surface area contributed by atoms with Crippen LogP contribution >= 0.6 is 24.0 Å². The summed E-state index contributed by atoms with van der Waals surface area (Å²) in [5.41, 5.74) is 6.81. The molecule has 0 spiro atoms. The number of rotatable bonds is 5. The summed E-state index contributed by atoms with van der Waals surface area (Å²) < 4.78 is 5.64. The van der Waals surface area contributed by atoms with Crippen LogP contribution < -0.4 is 15.8 Å². The van der Waals surface area contributed by atoms with Crippen LogP contribution in [0.4, 0.5) is 0 Å². The van der Waals surface area contributed by atoms with Gasteiger partial charge in [-0.3, -0.25) is 4.79 Å². The lowest BCUT2D eigenvalue weighted by Gasteiger charge is -2.27. The normalized spacial score (nSPS) is 16.7. The summed E-state index contributed by atoms with van der Waals surface area (Å²) in [5.74, 6) is 0.619. The molecule has 0 saturated heterocycles. The molecule has 1 atom stereocenters. The van der Waals surface area contributed by atoms with Crippen LogP contribution in [-0.2, 0) is 11.2 Å². The first-order chi connectivity index (χ1) is 9.47. The number of nitrogens with two attached hydrogens (primary N) is 1. The van der Waals surface area contributed by atoms with E-state index in [1.165, 1.54) is 0 Å². The fourth-order valence-corrected chi connectivity index (χ4v) is 2.44. The van der Waals surface area contributed by atoms with Gasteiger partial charge in [-0.15, -0.1) is 12.4 Å². The Balaban J connectivity index is 0.00000220. The van der Waals surface area contributed by atoms with Gasteiger partial charge in [0.15, 0.2) is 6.10 Å². The van der Waals surface area contributed by atoms with E-state index in [9.17, 15) is 4.79 Å². The van der Waals surface area contributed by atoms with Crippen molar-refractivity contribution in [2.45, 2.75) is 44.8 Å². The topological polar surface area (TPSA) is 64.3 Å². The Morgan fingerprint density at radius 2 is 2.14 bits per heavy atom. The number of hydrogen-bond donors (Lipinski definition) is 2. The second-order valence-corrected chi connectivity index (χ2v) is 5.79. The highest BCUT2D eigenvalue weighted by atomic mass is 35.5. The molecule has 1 amide bonds. The van der Waals surface area contributed by atoms with Crippen molar-refractivity contribution in [1.29, 1.82) is 0 Å². The van der Waals surface area contributed by atoms with E-state index in [0.29, 0.717) is 18.0 Å². The highest BCUT2D eigenvalue weighted by Crippen LogP contribution is 2.31. The van der Waals surface area contributed by atoms with Crippen molar-refractivity contribution in [2.75, 3.05) is 6.54 Å². The third kappa shape index (κ3) is 4.25. The van der Waals surface area contributed by atoms with Gasteiger partial charge in [0.1, 0.15) is 5.75 Å². The lowest BCUT2D eigenvalue weighted by Crippen LogP contribution is -2.51. The molecule has 0 fully saturated rings. The summed E-state index contributed by atoms with van der Waals surface area (Å²) >= 11 is 5.94. The summed E-state index contributed by atoms with van der Waals surface area (Å²) in [6.45, 7) is 4.52. The van der Waals surface area contributed by atoms with Crippen LogP contribution in [0.5, 0.6) is 5.75 Å². The Morgan fingerprint density at radius 1 is 1.48 bits per heavy atom. The van der Waals surface area contributed by atoms with Gasteiger partial charge < -0.3 is 15.8 Å². The third-order valence-corrected chi connectivity index (χ3v) is 4.25. The zero-order valence-corrected chi connectivity index (χ0v) is 13.9. The highest BCUT2D eigenvalue weighted by molar-refractivity contribution is 6.30. The number of ether oxygens (including phenoxy) is 1. The molecule has 0 bridgehead atoms. The lowest BCUT2D eigenvalue weighted by molar-refractivity contribution is -0.127. The first-order valence-corrected chi connectivity index (χ1v) is 7.37. The van der Waals surface area contributed by atoms with Gasteiger partial charge in [0.05, 0.1) is 0 Å². The van der Waals surface area contributed by atoms with E-state index < -0.39 is 6.10 Å². The van der Waals surface area contributed by atoms with Crippen LogP contribution in [0.2, 0.25) is 5.02 Å². The Hall–Kier alpha value is -0.970. The average Bonchev–Trinajstić information content (AvgIpc) is 2.87. The standard InChI is InChI=1S/C15H21ClN2O2.ClH/c1-3-15(17,4-2)9-18-14(19)13-8-10-7-11(16)5-6-12(10)20-13;/h5-7,13H,3-4,8-9,17H2,1-2H3,(H,18,19);1H. The van der Waals surface area contributed by atoms with Gasteiger partial charge in [-0.05, 0) is 36.6 Å². The van der Waals surface area contributed by atoms with E-state index in [-0.39, 0.29) is 23.9 Å². The Morgan fingerprint density at radius 3 is 2.76 bits per heavy atom. The van der Waals surface area contributed by atoms with Gasteiger partial charge in [0, 0.05) is 23.5 Å². The molecule has 4 nitrogen and oxygen atoms in total. The summed E-state index contributed by atoms with van der Waals surface area (Å²) in [4.78, 5) is 12.2. The number of carbonyl (C=O) groups excluding carboxylic acids is 1. The SMILES string of the molecule is CCC(N)(CC)CNC(=O)C1Cc2cc(Cl)ccc2O1.Cl. The molecule has 118 valence electrons. The number of carbonyl (C=O) groups is 1. The average molecular weight is 333 g/mol. The largest absolute Gasteiger partial charge is 0.480 e. The number of fused-ring (bicyclic) bond motifs is 1. The number of nitrogens with one attached hydrogen (secondary N) is 1. The molecule has 21 heavy (non-hydrogen) atoms. The first-order valence-electron chi connectivity index (χ1n) is 6.99. The fraction of sp³-hybridized carbons (Fsp3) is 0.533. The van der Waals surface area contributed by atoms with Crippen molar-refractivity contribution < 1.29 is 9.53 Å². The molecule has 0 aromatic heterocycles. The molecule has 1 aliphatic heterocycles. The summed E-state index contributed by atoms with van der Waals surface area (Å²) in [6.07, 6.45) is 1.72. The van der Waals surface area contributed by atoms with Crippen LogP contribution in [0.25, 0.3) is 0 Å². The summed E-state index contributed by atoms with van der Waals surface area (Å²) in [5, 5.41) is 3.55. The molecule has 1 aliphatic rings. The molecule has 2 rings (SSSR count). The number of halogens is 2. The van der Waals surface area contributed by atoms with Crippen LogP contribution in [0.15, 0.2) is 18.2 Å². The number of benzene rings is 1. The molecule has 0 radical (unpaired) electrons. The van der Waals surface area contributed by atoms with Gasteiger partial charge >= 0.3 is 0 Å². The smallest absolute Gasteiger partial charge is 0.261 e. The number of hydrogen-bond acceptors (Lipinski definition) is 3. The molecule has 1 aromatic rings. The van der Waals surface area contributed by atoms with Crippen LogP contribution in [0.3, 0.4) is 0 Å². The van der Waals surface area contributed by atoms with E-state index >= 15 is 0 Å². The summed E-state index contributed by atoms with van der Waals surface area (Å²) in [6, 6.07) is 5.41. The molecule has 3 N–H and O–H groups in total. The monoisotopic (exact) mass is 332 g/mol. The van der Waals surface area contributed by atoms with Gasteiger partial charge in [0.25, 0.3) is 5.91 Å². The van der Waals surface area contributed by atoms with Crippen molar-refractivity contribution >= 4 is 29.9 Å². The molecule has 1 aromatic carbocycles. The van der Waals surface area contributed by atoms with E-state index in [1.807, 2.05) is 19.9 Å². The molecule has 1 heterocycles. The maximum absolute atomic E-state index is 12.2. The molecule has 1 unspecified atom stereocenters. The van der Waals surface area contributed by atoms with Gasteiger partial charge in [-0.1, -0.05) is 25.4 Å². The number of amides is 1. The third-order valence-electron chi connectivity index (χ3n) is 4.01. The predicted octanol–water partition coefficient (Wildman–Crippen LogP) is 2.70. The molecule has 0 aliphatic carbocycles. The van der Waals surface area contributed by atoms with Crippen molar-refractivity contribution in [3.8, 4) is 5.75 Å². The zero-order chi connectivity index (χ0) is 14.8. The van der Waals surface area contributed by atoms with Crippen LogP contribution in [0, 0.1) is 0 Å².